The van der Waals surface area contributed by atoms with E-state index in [2.05, 4.69) is 17.2 Å². The number of anilines is 2. The number of nitrogens with zero attached hydrogens (tertiary/aromatic N) is 1. The Labute approximate surface area is 106 Å². The fraction of sp³-hybridized carbons (Fsp3) is 0.357. The van der Waals surface area contributed by atoms with Crippen molar-refractivity contribution in [1.82, 2.24) is 4.98 Å². The summed E-state index contributed by atoms with van der Waals surface area (Å²) in [6.45, 7) is 2.90. The number of nitrogens with one attached hydrogen (secondary N) is 1. The van der Waals surface area contributed by atoms with Crippen molar-refractivity contribution in [3.63, 3.8) is 0 Å². The molecule has 18 heavy (non-hydrogen) atoms. The van der Waals surface area contributed by atoms with E-state index in [9.17, 15) is 0 Å². The molecule has 0 saturated carbocycles. The minimum atomic E-state index is 0.231. The zero-order valence-electron chi connectivity index (χ0n) is 10.4. The summed E-state index contributed by atoms with van der Waals surface area (Å²) in [5.41, 5.74) is 8.86. The Morgan fingerprint density at radius 3 is 3.06 bits per heavy atom. The van der Waals surface area contributed by atoms with Crippen molar-refractivity contribution < 1.29 is 4.74 Å². The van der Waals surface area contributed by atoms with Crippen LogP contribution in [0.4, 0.5) is 11.4 Å². The molecule has 2 unspecified atom stereocenters. The Bertz CT molecular complexity index is 570. The lowest BCUT2D eigenvalue weighted by Gasteiger charge is -2.19. The van der Waals surface area contributed by atoms with Crippen LogP contribution < -0.4 is 11.1 Å². The highest BCUT2D eigenvalue weighted by atomic mass is 16.5. The van der Waals surface area contributed by atoms with E-state index in [0.29, 0.717) is 6.04 Å². The summed E-state index contributed by atoms with van der Waals surface area (Å²) in [6, 6.07) is 8.23. The Balaban J connectivity index is 1.95. The van der Waals surface area contributed by atoms with Gasteiger partial charge in [-0.2, -0.15) is 0 Å². The molecule has 1 aromatic carbocycles. The molecule has 0 aliphatic carbocycles. The van der Waals surface area contributed by atoms with Crippen LogP contribution in [0.5, 0.6) is 0 Å². The van der Waals surface area contributed by atoms with Gasteiger partial charge in [-0.05, 0) is 37.6 Å². The second-order valence-corrected chi connectivity index (χ2v) is 4.71. The molecule has 94 valence electrons. The Hall–Kier alpha value is -1.81. The SMILES string of the molecule is CC1OCCC1Nc1ccc2ncccc2c1N. The van der Waals surface area contributed by atoms with Gasteiger partial charge in [-0.3, -0.25) is 4.98 Å². The predicted molar refractivity (Wildman–Crippen MR) is 73.6 cm³/mol. The second-order valence-electron chi connectivity index (χ2n) is 4.71. The molecular formula is C14H17N3O. The molecule has 0 bridgehead atoms. The van der Waals surface area contributed by atoms with Gasteiger partial charge in [0.2, 0.25) is 0 Å². The quantitative estimate of drug-likeness (QED) is 0.795. The number of nitrogen functional groups attached to an aromatic ring is 1. The Morgan fingerprint density at radius 2 is 2.28 bits per heavy atom. The van der Waals surface area contributed by atoms with Gasteiger partial charge in [0, 0.05) is 18.2 Å². The largest absolute Gasteiger partial charge is 0.397 e. The molecule has 0 spiro atoms. The maximum Gasteiger partial charge on any atom is 0.0748 e. The average Bonchev–Trinajstić information content (AvgIpc) is 2.79. The molecule has 1 saturated heterocycles. The molecule has 0 amide bonds. The summed E-state index contributed by atoms with van der Waals surface area (Å²) in [5, 5.41) is 4.47. The fourth-order valence-corrected chi connectivity index (χ4v) is 2.42. The van der Waals surface area contributed by atoms with Crippen LogP contribution in [0.2, 0.25) is 0 Å². The van der Waals surface area contributed by atoms with Crippen LogP contribution in [-0.2, 0) is 4.74 Å². The molecule has 2 heterocycles. The van der Waals surface area contributed by atoms with Crippen LogP contribution in [0.3, 0.4) is 0 Å². The molecule has 2 aromatic rings. The van der Waals surface area contributed by atoms with Crippen molar-refractivity contribution in [3.05, 3.63) is 30.5 Å². The van der Waals surface area contributed by atoms with Crippen molar-refractivity contribution in [2.45, 2.75) is 25.5 Å². The van der Waals surface area contributed by atoms with E-state index in [-0.39, 0.29) is 6.10 Å². The number of rotatable bonds is 2. The standard InChI is InChI=1S/C14H17N3O/c1-9-11(6-8-18-9)17-13-5-4-12-10(14(13)15)3-2-7-16-12/h2-5,7,9,11,17H,6,8,15H2,1H3. The van der Waals surface area contributed by atoms with Crippen LogP contribution >= 0.6 is 0 Å². The normalized spacial score (nSPS) is 23.4. The number of pyridine rings is 1. The van der Waals surface area contributed by atoms with Gasteiger partial charge in [0.25, 0.3) is 0 Å². The zero-order chi connectivity index (χ0) is 12.5. The second kappa shape index (κ2) is 4.46. The molecule has 1 aromatic heterocycles. The first-order chi connectivity index (χ1) is 8.75. The molecule has 4 nitrogen and oxygen atoms in total. The molecule has 3 rings (SSSR count). The molecule has 1 aliphatic rings. The predicted octanol–water partition coefficient (Wildman–Crippen LogP) is 2.41. The summed E-state index contributed by atoms with van der Waals surface area (Å²) < 4.78 is 5.55. The van der Waals surface area contributed by atoms with Crippen molar-refractivity contribution in [3.8, 4) is 0 Å². The van der Waals surface area contributed by atoms with Crippen LogP contribution in [-0.4, -0.2) is 23.7 Å². The van der Waals surface area contributed by atoms with Crippen LogP contribution in [0.25, 0.3) is 10.9 Å². The smallest absolute Gasteiger partial charge is 0.0748 e. The molecule has 4 heteroatoms. The number of aromatic nitrogens is 1. The number of benzene rings is 1. The number of hydrogen-bond acceptors (Lipinski definition) is 4. The Morgan fingerprint density at radius 1 is 1.39 bits per heavy atom. The highest BCUT2D eigenvalue weighted by Gasteiger charge is 2.24. The maximum atomic E-state index is 6.20. The van der Waals surface area contributed by atoms with Crippen molar-refractivity contribution in [2.24, 2.45) is 0 Å². The molecule has 2 atom stereocenters. The summed E-state index contributed by atoms with van der Waals surface area (Å²) >= 11 is 0. The van der Waals surface area contributed by atoms with Gasteiger partial charge in [0.1, 0.15) is 0 Å². The minimum absolute atomic E-state index is 0.231. The number of hydrogen-bond donors (Lipinski definition) is 2. The van der Waals surface area contributed by atoms with Gasteiger partial charge in [-0.25, -0.2) is 0 Å². The lowest BCUT2D eigenvalue weighted by Crippen LogP contribution is -2.27. The summed E-state index contributed by atoms with van der Waals surface area (Å²) in [5.74, 6) is 0. The number of fused-ring (bicyclic) bond motifs is 1. The summed E-state index contributed by atoms with van der Waals surface area (Å²) in [4.78, 5) is 4.30. The summed E-state index contributed by atoms with van der Waals surface area (Å²) in [6.07, 6.45) is 3.03. The third-order valence-corrected chi connectivity index (χ3v) is 3.54. The average molecular weight is 243 g/mol. The number of nitrogens with two attached hydrogens (primary N) is 1. The highest BCUT2D eigenvalue weighted by molar-refractivity contribution is 5.96. The van der Waals surface area contributed by atoms with Crippen molar-refractivity contribution in [1.29, 1.82) is 0 Å². The van der Waals surface area contributed by atoms with Gasteiger partial charge in [-0.1, -0.05) is 0 Å². The third-order valence-electron chi connectivity index (χ3n) is 3.54. The first kappa shape index (κ1) is 11.3. The van der Waals surface area contributed by atoms with E-state index < -0.39 is 0 Å². The zero-order valence-corrected chi connectivity index (χ0v) is 10.4. The third kappa shape index (κ3) is 1.88. The van der Waals surface area contributed by atoms with Gasteiger partial charge < -0.3 is 15.8 Å². The van der Waals surface area contributed by atoms with Gasteiger partial charge in [0.05, 0.1) is 29.0 Å². The fourth-order valence-electron chi connectivity index (χ4n) is 2.42. The molecule has 3 N–H and O–H groups in total. The Kier molecular flexibility index (Phi) is 2.80. The highest BCUT2D eigenvalue weighted by Crippen LogP contribution is 2.29. The van der Waals surface area contributed by atoms with Crippen molar-refractivity contribution >= 4 is 22.3 Å². The van der Waals surface area contributed by atoms with E-state index in [0.717, 1.165) is 35.3 Å². The topological polar surface area (TPSA) is 60.2 Å². The lowest BCUT2D eigenvalue weighted by molar-refractivity contribution is 0.121. The van der Waals surface area contributed by atoms with Crippen molar-refractivity contribution in [2.75, 3.05) is 17.7 Å². The monoisotopic (exact) mass is 243 g/mol. The van der Waals surface area contributed by atoms with E-state index in [4.69, 9.17) is 10.5 Å². The maximum absolute atomic E-state index is 6.20. The molecular weight excluding hydrogens is 226 g/mol. The van der Waals surface area contributed by atoms with Crippen LogP contribution in [0.1, 0.15) is 13.3 Å². The van der Waals surface area contributed by atoms with E-state index in [1.165, 1.54) is 0 Å². The molecule has 0 radical (unpaired) electrons. The number of ether oxygens (including phenoxy) is 1. The van der Waals surface area contributed by atoms with Crippen LogP contribution in [0, 0.1) is 0 Å². The van der Waals surface area contributed by atoms with E-state index in [1.54, 1.807) is 6.20 Å². The minimum Gasteiger partial charge on any atom is -0.397 e. The van der Waals surface area contributed by atoms with E-state index >= 15 is 0 Å². The van der Waals surface area contributed by atoms with Gasteiger partial charge >= 0.3 is 0 Å². The molecule has 1 aliphatic heterocycles. The van der Waals surface area contributed by atoms with E-state index in [1.807, 2.05) is 24.3 Å². The van der Waals surface area contributed by atoms with Gasteiger partial charge in [-0.15, -0.1) is 0 Å². The van der Waals surface area contributed by atoms with Crippen LogP contribution in [0.15, 0.2) is 30.5 Å². The summed E-state index contributed by atoms with van der Waals surface area (Å²) in [7, 11) is 0. The first-order valence-electron chi connectivity index (χ1n) is 6.27. The molecule has 1 fully saturated rings. The first-order valence-corrected chi connectivity index (χ1v) is 6.27. The lowest BCUT2D eigenvalue weighted by atomic mass is 10.1. The van der Waals surface area contributed by atoms with Gasteiger partial charge in [0.15, 0.2) is 0 Å².